The van der Waals surface area contributed by atoms with Gasteiger partial charge in [0.2, 0.25) is 0 Å². The molecule has 0 saturated carbocycles. The van der Waals surface area contributed by atoms with Gasteiger partial charge < -0.3 is 9.47 Å². The van der Waals surface area contributed by atoms with Crippen molar-refractivity contribution in [1.29, 1.82) is 0 Å². The van der Waals surface area contributed by atoms with Crippen LogP contribution < -0.4 is 15.0 Å². The molecule has 5 nitrogen and oxygen atoms in total. The lowest BCUT2D eigenvalue weighted by atomic mass is 10.2. The van der Waals surface area contributed by atoms with Crippen molar-refractivity contribution in [2.75, 3.05) is 7.11 Å². The Hall–Kier alpha value is -2.79. The van der Waals surface area contributed by atoms with E-state index in [2.05, 4.69) is 5.48 Å². The molecule has 0 bridgehead atoms. The first-order valence-electron chi connectivity index (χ1n) is 8.07. The Balaban J connectivity index is 1.88. The Morgan fingerprint density at radius 1 is 1.12 bits per heavy atom. The monoisotopic (exact) mass is 341 g/mol. The molecule has 1 amide bonds. The number of carbonyl (C=O) groups excluding carboxylic acids is 1. The van der Waals surface area contributed by atoms with Gasteiger partial charge in [0.25, 0.3) is 5.91 Å². The standard InChI is InChI=1S/C20H23NO4/c1-15(2)25-18-11-9-16(13-19(18)23-3)10-12-20(22)21-24-14-17-7-5-4-6-8-17/h4-13,15H,14H2,1-3H3,(H,21,22). The van der Waals surface area contributed by atoms with Crippen molar-refractivity contribution in [3.63, 3.8) is 0 Å². The molecule has 0 aliphatic heterocycles. The van der Waals surface area contributed by atoms with E-state index in [1.54, 1.807) is 13.2 Å². The summed E-state index contributed by atoms with van der Waals surface area (Å²) in [6.07, 6.45) is 3.15. The van der Waals surface area contributed by atoms with E-state index in [1.807, 2.05) is 62.4 Å². The molecule has 0 aliphatic carbocycles. The minimum Gasteiger partial charge on any atom is -0.493 e. The van der Waals surface area contributed by atoms with Gasteiger partial charge in [0, 0.05) is 6.08 Å². The van der Waals surface area contributed by atoms with E-state index in [0.29, 0.717) is 18.1 Å². The molecule has 0 aromatic heterocycles. The highest BCUT2D eigenvalue weighted by molar-refractivity contribution is 5.91. The first kappa shape index (κ1) is 18.5. The zero-order chi connectivity index (χ0) is 18.1. The number of hydroxylamine groups is 1. The SMILES string of the molecule is COc1cc(C=CC(=O)NOCc2ccccc2)ccc1OC(C)C. The number of nitrogens with one attached hydrogen (secondary N) is 1. The molecule has 0 unspecified atom stereocenters. The number of hydrogen-bond acceptors (Lipinski definition) is 4. The van der Waals surface area contributed by atoms with Crippen molar-refractivity contribution in [2.24, 2.45) is 0 Å². The van der Waals surface area contributed by atoms with Crippen molar-refractivity contribution in [2.45, 2.75) is 26.6 Å². The molecule has 5 heteroatoms. The lowest BCUT2D eigenvalue weighted by Gasteiger charge is -2.13. The second-order valence-electron chi connectivity index (χ2n) is 5.65. The van der Waals surface area contributed by atoms with Crippen LogP contribution in [0.1, 0.15) is 25.0 Å². The number of rotatable bonds is 8. The maximum atomic E-state index is 11.8. The molecule has 0 heterocycles. The number of methoxy groups -OCH3 is 1. The Morgan fingerprint density at radius 3 is 2.56 bits per heavy atom. The van der Waals surface area contributed by atoms with E-state index in [4.69, 9.17) is 14.3 Å². The van der Waals surface area contributed by atoms with Crippen LogP contribution in [0.2, 0.25) is 0 Å². The van der Waals surface area contributed by atoms with Gasteiger partial charge in [-0.1, -0.05) is 36.4 Å². The minimum absolute atomic E-state index is 0.0582. The van der Waals surface area contributed by atoms with Crippen LogP contribution in [0.15, 0.2) is 54.6 Å². The topological polar surface area (TPSA) is 56.8 Å². The van der Waals surface area contributed by atoms with Crippen LogP contribution in [0.3, 0.4) is 0 Å². The highest BCUT2D eigenvalue weighted by Gasteiger charge is 2.06. The van der Waals surface area contributed by atoms with Gasteiger partial charge in [-0.3, -0.25) is 9.63 Å². The number of ether oxygens (including phenoxy) is 2. The third kappa shape index (κ3) is 6.31. The van der Waals surface area contributed by atoms with Gasteiger partial charge >= 0.3 is 0 Å². The predicted octanol–water partition coefficient (Wildman–Crippen LogP) is 3.74. The van der Waals surface area contributed by atoms with Crippen molar-refractivity contribution in [3.8, 4) is 11.5 Å². The summed E-state index contributed by atoms with van der Waals surface area (Å²) < 4.78 is 11.0. The van der Waals surface area contributed by atoms with Crippen molar-refractivity contribution < 1.29 is 19.1 Å². The number of carbonyl (C=O) groups is 1. The molecule has 0 radical (unpaired) electrons. The number of hydrogen-bond donors (Lipinski definition) is 1. The summed E-state index contributed by atoms with van der Waals surface area (Å²) in [4.78, 5) is 17.0. The van der Waals surface area contributed by atoms with Gasteiger partial charge in [-0.25, -0.2) is 5.48 Å². The first-order chi connectivity index (χ1) is 12.1. The molecule has 1 N–H and O–H groups in total. The van der Waals surface area contributed by atoms with Gasteiger partial charge in [-0.2, -0.15) is 0 Å². The van der Waals surface area contributed by atoms with Crippen LogP contribution in [-0.4, -0.2) is 19.1 Å². The predicted molar refractivity (Wildman–Crippen MR) is 97.2 cm³/mol. The lowest BCUT2D eigenvalue weighted by molar-refractivity contribution is -0.129. The zero-order valence-corrected chi connectivity index (χ0v) is 14.7. The summed E-state index contributed by atoms with van der Waals surface area (Å²) >= 11 is 0. The molecule has 0 fully saturated rings. The van der Waals surface area contributed by atoms with Gasteiger partial charge in [-0.15, -0.1) is 0 Å². The fourth-order valence-corrected chi connectivity index (χ4v) is 2.11. The van der Waals surface area contributed by atoms with E-state index in [0.717, 1.165) is 11.1 Å². The molecule has 0 aliphatic rings. The summed E-state index contributed by atoms with van der Waals surface area (Å²) in [5, 5.41) is 0. The van der Waals surface area contributed by atoms with Crippen molar-refractivity contribution in [3.05, 3.63) is 65.7 Å². The molecule has 0 saturated heterocycles. The van der Waals surface area contributed by atoms with Crippen LogP contribution in [0.5, 0.6) is 11.5 Å². The summed E-state index contributed by atoms with van der Waals surface area (Å²) in [7, 11) is 1.58. The first-order valence-corrected chi connectivity index (χ1v) is 8.07. The summed E-state index contributed by atoms with van der Waals surface area (Å²) in [6, 6.07) is 15.1. The van der Waals surface area contributed by atoms with E-state index in [9.17, 15) is 4.79 Å². The van der Waals surface area contributed by atoms with Crippen LogP contribution >= 0.6 is 0 Å². The van der Waals surface area contributed by atoms with Crippen LogP contribution in [0.25, 0.3) is 6.08 Å². The molecule has 0 atom stereocenters. The average Bonchev–Trinajstić information content (AvgIpc) is 2.61. The summed E-state index contributed by atoms with van der Waals surface area (Å²) in [5.41, 5.74) is 4.19. The maximum Gasteiger partial charge on any atom is 0.267 e. The quantitative estimate of drug-likeness (QED) is 0.587. The van der Waals surface area contributed by atoms with Crippen LogP contribution in [-0.2, 0) is 16.2 Å². The minimum atomic E-state index is -0.336. The molecule has 2 aromatic rings. The van der Waals surface area contributed by atoms with Crippen LogP contribution in [0.4, 0.5) is 0 Å². The van der Waals surface area contributed by atoms with E-state index in [-0.39, 0.29) is 12.0 Å². The molecular formula is C20H23NO4. The van der Waals surface area contributed by atoms with Crippen molar-refractivity contribution >= 4 is 12.0 Å². The van der Waals surface area contributed by atoms with E-state index < -0.39 is 0 Å². The Bertz CT molecular complexity index is 711. The van der Waals surface area contributed by atoms with E-state index in [1.165, 1.54) is 6.08 Å². The third-order valence-corrected chi connectivity index (χ3v) is 3.23. The number of amides is 1. The Kier molecular flexibility index (Phi) is 7.04. The smallest absolute Gasteiger partial charge is 0.267 e. The number of benzene rings is 2. The molecule has 2 rings (SSSR count). The molecule has 132 valence electrons. The maximum absolute atomic E-state index is 11.8. The van der Waals surface area contributed by atoms with Crippen molar-refractivity contribution in [1.82, 2.24) is 5.48 Å². The average molecular weight is 341 g/mol. The fraction of sp³-hybridized carbons (Fsp3) is 0.250. The second-order valence-corrected chi connectivity index (χ2v) is 5.65. The normalized spacial score (nSPS) is 10.9. The van der Waals surface area contributed by atoms with E-state index >= 15 is 0 Å². The molecule has 2 aromatic carbocycles. The summed E-state index contributed by atoms with van der Waals surface area (Å²) in [5.74, 6) is 0.958. The van der Waals surface area contributed by atoms with Crippen LogP contribution in [0, 0.1) is 0 Å². The fourth-order valence-electron chi connectivity index (χ4n) is 2.11. The van der Waals surface area contributed by atoms with Gasteiger partial charge in [0.05, 0.1) is 19.8 Å². The molecule has 25 heavy (non-hydrogen) atoms. The second kappa shape index (κ2) is 9.49. The third-order valence-electron chi connectivity index (χ3n) is 3.23. The Morgan fingerprint density at radius 2 is 1.88 bits per heavy atom. The Labute approximate surface area is 148 Å². The highest BCUT2D eigenvalue weighted by atomic mass is 16.6. The lowest BCUT2D eigenvalue weighted by Crippen LogP contribution is -2.21. The zero-order valence-electron chi connectivity index (χ0n) is 14.7. The summed E-state index contributed by atoms with van der Waals surface area (Å²) in [6.45, 7) is 4.22. The molecule has 0 spiro atoms. The van der Waals surface area contributed by atoms with Gasteiger partial charge in [0.1, 0.15) is 0 Å². The largest absolute Gasteiger partial charge is 0.493 e. The molecular weight excluding hydrogens is 318 g/mol. The van der Waals surface area contributed by atoms with Gasteiger partial charge in [0.15, 0.2) is 11.5 Å². The van der Waals surface area contributed by atoms with Gasteiger partial charge in [-0.05, 0) is 43.2 Å². The highest BCUT2D eigenvalue weighted by Crippen LogP contribution is 2.29.